The fourth-order valence-electron chi connectivity index (χ4n) is 5.97. The minimum atomic E-state index is -0.0477. The second-order valence-corrected chi connectivity index (χ2v) is 11.3. The molecule has 0 spiro atoms. The van der Waals surface area contributed by atoms with E-state index in [4.69, 9.17) is 9.47 Å². The predicted octanol–water partition coefficient (Wildman–Crippen LogP) is 3.50. The maximum atomic E-state index is 13.0. The van der Waals surface area contributed by atoms with Gasteiger partial charge in [0.2, 0.25) is 0 Å². The average Bonchev–Trinajstić information content (AvgIpc) is 3.02. The molecule has 3 aliphatic rings. The molecule has 3 fully saturated rings. The average molecular weight is 560 g/mol. The van der Waals surface area contributed by atoms with Crippen LogP contribution >= 0.6 is 0 Å². The summed E-state index contributed by atoms with van der Waals surface area (Å²) in [4.78, 5) is 31.2. The molecular weight excluding hydrogens is 518 g/mol. The van der Waals surface area contributed by atoms with E-state index in [1.165, 1.54) is 0 Å². The van der Waals surface area contributed by atoms with Gasteiger partial charge in [-0.3, -0.25) is 4.90 Å². The number of morpholine rings is 1. The zero-order valence-corrected chi connectivity index (χ0v) is 24.0. The third kappa shape index (κ3) is 6.89. The Balaban J connectivity index is 1.00. The van der Waals surface area contributed by atoms with Crippen molar-refractivity contribution in [1.82, 2.24) is 24.7 Å². The van der Waals surface area contributed by atoms with Gasteiger partial charge >= 0.3 is 6.03 Å². The minimum absolute atomic E-state index is 0.0477. The molecule has 2 aromatic carbocycles. The van der Waals surface area contributed by atoms with Crippen LogP contribution in [0.2, 0.25) is 0 Å². The number of rotatable bonds is 7. The third-order valence-corrected chi connectivity index (χ3v) is 8.57. The van der Waals surface area contributed by atoms with Crippen LogP contribution in [0.4, 0.5) is 16.2 Å². The number of nitrogens with one attached hydrogen (secondary N) is 1. The van der Waals surface area contributed by atoms with E-state index in [2.05, 4.69) is 55.2 Å². The van der Waals surface area contributed by atoms with E-state index in [0.29, 0.717) is 25.6 Å². The summed E-state index contributed by atoms with van der Waals surface area (Å²) in [5.74, 6) is 1.14. The van der Waals surface area contributed by atoms with E-state index in [-0.39, 0.29) is 6.03 Å². The van der Waals surface area contributed by atoms with E-state index >= 15 is 0 Å². The first-order valence-corrected chi connectivity index (χ1v) is 14.9. The van der Waals surface area contributed by atoms with E-state index in [1.807, 2.05) is 29.2 Å². The Labute approximate surface area is 242 Å². The van der Waals surface area contributed by atoms with Crippen molar-refractivity contribution in [3.8, 4) is 5.75 Å². The summed E-state index contributed by atoms with van der Waals surface area (Å²) in [6, 6.07) is 14.2. The van der Waals surface area contributed by atoms with Gasteiger partial charge in [-0.15, -0.1) is 0 Å². The first-order valence-electron chi connectivity index (χ1n) is 14.9. The number of piperazine rings is 1. The number of carbonyl (C=O) groups is 1. The number of amides is 2. The fourth-order valence-corrected chi connectivity index (χ4v) is 5.97. The lowest BCUT2D eigenvalue weighted by molar-refractivity contribution is 0.122. The quantitative estimate of drug-likeness (QED) is 0.471. The van der Waals surface area contributed by atoms with Crippen LogP contribution < -0.4 is 15.0 Å². The van der Waals surface area contributed by atoms with Crippen LogP contribution in [-0.4, -0.2) is 116 Å². The number of likely N-dealkylation sites (N-methyl/N-ethyl adjacent to an activating group) is 1. The fraction of sp³-hybridized carbons (Fsp3) is 0.516. The number of ether oxygens (including phenoxy) is 2. The normalized spacial score (nSPS) is 19.4. The van der Waals surface area contributed by atoms with E-state index in [1.54, 1.807) is 6.33 Å². The Morgan fingerprint density at radius 1 is 0.951 bits per heavy atom. The number of urea groups is 1. The van der Waals surface area contributed by atoms with E-state index in [9.17, 15) is 4.79 Å². The lowest BCUT2D eigenvalue weighted by Gasteiger charge is -2.32. The Hall–Kier alpha value is -3.47. The molecule has 1 aromatic heterocycles. The highest BCUT2D eigenvalue weighted by molar-refractivity contribution is 5.89. The van der Waals surface area contributed by atoms with Crippen LogP contribution in [0.1, 0.15) is 24.5 Å². The van der Waals surface area contributed by atoms with E-state index < -0.39 is 0 Å². The molecule has 10 nitrogen and oxygen atoms in total. The number of nitrogens with zero attached hydrogens (tertiary/aromatic N) is 6. The first kappa shape index (κ1) is 27.7. The van der Waals surface area contributed by atoms with Crippen molar-refractivity contribution < 1.29 is 14.3 Å². The molecule has 0 bridgehead atoms. The summed E-state index contributed by atoms with van der Waals surface area (Å²) >= 11 is 0. The van der Waals surface area contributed by atoms with Gasteiger partial charge in [-0.2, -0.15) is 0 Å². The molecular formula is C31H41N7O3. The number of fused-ring (bicyclic) bond motifs is 1. The van der Waals surface area contributed by atoms with Crippen molar-refractivity contribution in [3.05, 3.63) is 54.5 Å². The topological polar surface area (TPSA) is 86.3 Å². The van der Waals surface area contributed by atoms with Crippen LogP contribution in [0.3, 0.4) is 0 Å². The van der Waals surface area contributed by atoms with Crippen LogP contribution in [-0.2, 0) is 4.74 Å². The second kappa shape index (κ2) is 13.0. The Kier molecular flexibility index (Phi) is 8.79. The molecule has 3 aliphatic heterocycles. The molecule has 0 aliphatic carbocycles. The van der Waals surface area contributed by atoms with Gasteiger partial charge in [0.1, 0.15) is 18.7 Å². The number of hydrogen-bond donors (Lipinski definition) is 1. The van der Waals surface area contributed by atoms with Gasteiger partial charge in [0, 0.05) is 87.6 Å². The Morgan fingerprint density at radius 3 is 2.46 bits per heavy atom. The van der Waals surface area contributed by atoms with Crippen molar-refractivity contribution in [2.45, 2.75) is 18.8 Å². The smallest absolute Gasteiger partial charge is 0.321 e. The van der Waals surface area contributed by atoms with Crippen molar-refractivity contribution >= 4 is 28.3 Å². The van der Waals surface area contributed by atoms with Gasteiger partial charge in [0.25, 0.3) is 0 Å². The Bertz CT molecular complexity index is 1300. The number of likely N-dealkylation sites (tertiary alicyclic amines) is 1. The molecule has 218 valence electrons. The highest BCUT2D eigenvalue weighted by atomic mass is 16.5. The molecule has 4 heterocycles. The number of hydrogen-bond acceptors (Lipinski definition) is 8. The molecule has 2 amide bonds. The van der Waals surface area contributed by atoms with Crippen molar-refractivity contribution in [1.29, 1.82) is 0 Å². The molecule has 1 N–H and O–H groups in total. The number of piperidine rings is 1. The molecule has 0 unspecified atom stereocenters. The lowest BCUT2D eigenvalue weighted by atomic mass is 9.91. The van der Waals surface area contributed by atoms with E-state index in [0.717, 1.165) is 106 Å². The zero-order valence-electron chi connectivity index (χ0n) is 24.0. The number of anilines is 2. The summed E-state index contributed by atoms with van der Waals surface area (Å²) in [6.07, 6.45) is 3.41. The summed E-state index contributed by atoms with van der Waals surface area (Å²) < 4.78 is 11.5. The van der Waals surface area contributed by atoms with Gasteiger partial charge < -0.3 is 29.5 Å². The SMILES string of the molecule is CN1CCN(CCOc2ccc3c(C4CCN(C(=O)Nc5ccc(N6CCOCC6)cc5)CC4)ncnc3c2)CC1. The molecule has 6 rings (SSSR count). The predicted molar refractivity (Wildman–Crippen MR) is 161 cm³/mol. The van der Waals surface area contributed by atoms with Gasteiger partial charge in [0.05, 0.1) is 24.4 Å². The van der Waals surface area contributed by atoms with Crippen molar-refractivity contribution in [3.63, 3.8) is 0 Å². The molecule has 0 saturated carbocycles. The zero-order chi connectivity index (χ0) is 28.0. The van der Waals surface area contributed by atoms with Gasteiger partial charge in [-0.25, -0.2) is 14.8 Å². The van der Waals surface area contributed by atoms with Crippen LogP contribution in [0, 0.1) is 0 Å². The van der Waals surface area contributed by atoms with Crippen LogP contribution in [0.5, 0.6) is 5.75 Å². The minimum Gasteiger partial charge on any atom is -0.492 e. The Morgan fingerprint density at radius 2 is 1.71 bits per heavy atom. The summed E-state index contributed by atoms with van der Waals surface area (Å²) in [6.45, 7) is 10.7. The standard InChI is InChI=1S/C31H41N7O3/c1-35-12-14-36(15-13-35)16-21-41-27-6-7-28-29(22-27)32-23-33-30(28)24-8-10-38(11-9-24)31(39)34-25-2-4-26(5-3-25)37-17-19-40-20-18-37/h2-7,22-24H,8-21H2,1H3,(H,34,39). The maximum Gasteiger partial charge on any atom is 0.321 e. The lowest BCUT2D eigenvalue weighted by Crippen LogP contribution is -2.45. The summed E-state index contributed by atoms with van der Waals surface area (Å²) in [5.41, 5.74) is 3.96. The largest absolute Gasteiger partial charge is 0.492 e. The highest BCUT2D eigenvalue weighted by Crippen LogP contribution is 2.32. The second-order valence-electron chi connectivity index (χ2n) is 11.3. The first-order chi connectivity index (χ1) is 20.1. The molecule has 41 heavy (non-hydrogen) atoms. The monoisotopic (exact) mass is 559 g/mol. The molecule has 3 aromatic rings. The third-order valence-electron chi connectivity index (χ3n) is 8.57. The molecule has 10 heteroatoms. The highest BCUT2D eigenvalue weighted by Gasteiger charge is 2.26. The molecule has 0 atom stereocenters. The molecule has 3 saturated heterocycles. The summed E-state index contributed by atoms with van der Waals surface area (Å²) in [5, 5.41) is 4.14. The van der Waals surface area contributed by atoms with Crippen molar-refractivity contribution in [2.24, 2.45) is 0 Å². The van der Waals surface area contributed by atoms with Crippen LogP contribution in [0.25, 0.3) is 10.9 Å². The summed E-state index contributed by atoms with van der Waals surface area (Å²) in [7, 11) is 2.17. The van der Waals surface area contributed by atoms with Crippen LogP contribution in [0.15, 0.2) is 48.8 Å². The number of carbonyl (C=O) groups excluding carboxylic acids is 1. The molecule has 0 radical (unpaired) electrons. The van der Waals surface area contributed by atoms with Gasteiger partial charge in [-0.05, 0) is 56.3 Å². The van der Waals surface area contributed by atoms with Gasteiger partial charge in [0.15, 0.2) is 0 Å². The van der Waals surface area contributed by atoms with Gasteiger partial charge in [-0.1, -0.05) is 0 Å². The number of aromatic nitrogens is 2. The maximum absolute atomic E-state index is 13.0. The van der Waals surface area contributed by atoms with Crippen molar-refractivity contribution in [2.75, 3.05) is 96.0 Å². The number of benzene rings is 2.